The fraction of sp³-hybridized carbons (Fsp3) is 0.462. The summed E-state index contributed by atoms with van der Waals surface area (Å²) in [7, 11) is 0. The first-order valence-corrected chi connectivity index (χ1v) is 11.8. The highest BCUT2D eigenvalue weighted by Gasteiger charge is 2.29. The van der Waals surface area contributed by atoms with Crippen LogP contribution in [0.1, 0.15) is 64.0 Å². The summed E-state index contributed by atoms with van der Waals surface area (Å²) in [5.41, 5.74) is 1.96. The Morgan fingerprint density at radius 3 is 2.38 bits per heavy atom. The molecule has 5 nitrogen and oxygen atoms in total. The number of amides is 2. The van der Waals surface area contributed by atoms with E-state index in [0.29, 0.717) is 30.3 Å². The van der Waals surface area contributed by atoms with Crippen LogP contribution < -0.4 is 10.1 Å². The number of ether oxygens (including phenoxy) is 1. The average molecular weight is 459 g/mol. The van der Waals surface area contributed by atoms with Crippen LogP contribution in [0.25, 0.3) is 0 Å². The maximum absolute atomic E-state index is 13.3. The molecule has 0 aliphatic carbocycles. The van der Waals surface area contributed by atoms with Crippen molar-refractivity contribution in [1.82, 2.24) is 10.2 Å². The highest BCUT2D eigenvalue weighted by atomic mass is 35.5. The van der Waals surface area contributed by atoms with E-state index < -0.39 is 6.04 Å². The second kappa shape index (κ2) is 13.1. The number of nitrogens with zero attached hydrogens (tertiary/aromatic N) is 1. The lowest BCUT2D eigenvalue weighted by Gasteiger charge is -2.30. The van der Waals surface area contributed by atoms with Crippen LogP contribution >= 0.6 is 11.6 Å². The van der Waals surface area contributed by atoms with Crippen LogP contribution in [0.2, 0.25) is 5.02 Å². The molecule has 2 amide bonds. The van der Waals surface area contributed by atoms with Crippen molar-refractivity contribution in [3.63, 3.8) is 0 Å². The first-order valence-electron chi connectivity index (χ1n) is 11.4. The number of hydrogen-bond acceptors (Lipinski definition) is 3. The van der Waals surface area contributed by atoms with Gasteiger partial charge >= 0.3 is 0 Å². The third kappa shape index (κ3) is 7.56. The molecule has 0 heterocycles. The molecule has 1 atom stereocenters. The monoisotopic (exact) mass is 458 g/mol. The van der Waals surface area contributed by atoms with Gasteiger partial charge in [-0.1, -0.05) is 76.0 Å². The molecule has 0 saturated heterocycles. The van der Waals surface area contributed by atoms with E-state index in [1.807, 2.05) is 43.3 Å². The maximum Gasteiger partial charge on any atom is 0.261 e. The Bertz CT molecular complexity index is 868. The van der Waals surface area contributed by atoms with Crippen LogP contribution in [0.4, 0.5) is 0 Å². The molecule has 2 aromatic carbocycles. The minimum absolute atomic E-state index is 0.129. The number of nitrogens with one attached hydrogen (secondary N) is 1. The zero-order chi connectivity index (χ0) is 23.5. The van der Waals surface area contributed by atoms with Crippen LogP contribution in [-0.2, 0) is 16.1 Å². The Morgan fingerprint density at radius 2 is 1.75 bits per heavy atom. The van der Waals surface area contributed by atoms with E-state index in [9.17, 15) is 9.59 Å². The summed E-state index contributed by atoms with van der Waals surface area (Å²) in [6.07, 6.45) is 2.41. The van der Waals surface area contributed by atoms with E-state index in [4.69, 9.17) is 16.3 Å². The van der Waals surface area contributed by atoms with Crippen LogP contribution in [0.15, 0.2) is 48.5 Å². The molecule has 0 unspecified atom stereocenters. The number of benzene rings is 2. The van der Waals surface area contributed by atoms with Gasteiger partial charge in [0.2, 0.25) is 5.91 Å². The topological polar surface area (TPSA) is 58.6 Å². The van der Waals surface area contributed by atoms with E-state index in [1.165, 1.54) is 0 Å². The van der Waals surface area contributed by atoms with E-state index in [2.05, 4.69) is 26.1 Å². The van der Waals surface area contributed by atoms with Crippen molar-refractivity contribution in [3.8, 4) is 5.75 Å². The first-order chi connectivity index (χ1) is 15.4. The van der Waals surface area contributed by atoms with Gasteiger partial charge in [0.05, 0.1) is 0 Å². The summed E-state index contributed by atoms with van der Waals surface area (Å²) in [6, 6.07) is 14.5. The number of para-hydroxylation sites is 1. The number of carbonyl (C=O) groups is 2. The summed E-state index contributed by atoms with van der Waals surface area (Å²) < 4.78 is 5.93. The lowest BCUT2D eigenvalue weighted by molar-refractivity contribution is -0.143. The van der Waals surface area contributed by atoms with E-state index >= 15 is 0 Å². The third-order valence-electron chi connectivity index (χ3n) is 5.37. The highest BCUT2D eigenvalue weighted by Crippen LogP contribution is 2.26. The van der Waals surface area contributed by atoms with Gasteiger partial charge in [-0.2, -0.15) is 0 Å². The molecule has 1 N–H and O–H groups in total. The Morgan fingerprint density at radius 1 is 1.06 bits per heavy atom. The molecule has 174 valence electrons. The van der Waals surface area contributed by atoms with Gasteiger partial charge < -0.3 is 15.0 Å². The Kier molecular flexibility index (Phi) is 10.5. The Hall–Kier alpha value is -2.53. The molecule has 2 rings (SSSR count). The summed E-state index contributed by atoms with van der Waals surface area (Å²) in [5, 5.41) is 3.60. The van der Waals surface area contributed by atoms with Crippen molar-refractivity contribution in [1.29, 1.82) is 0 Å². The predicted molar refractivity (Wildman–Crippen MR) is 130 cm³/mol. The number of unbranched alkanes of at least 4 members (excludes halogenated alkanes) is 1. The smallest absolute Gasteiger partial charge is 0.261 e. The Balaban J connectivity index is 2.21. The minimum atomic E-state index is -0.570. The molecular weight excluding hydrogens is 424 g/mol. The Labute approximate surface area is 197 Å². The molecule has 2 aromatic rings. The standard InChI is InChI=1S/C26H35ClN2O3/c1-5-7-16-28-26(31)23(6-2)29(17-20-12-14-21(27)15-13-20)25(30)18-32-24-11-9-8-10-22(24)19(3)4/h8-15,19,23H,5-7,16-18H2,1-4H3,(H,28,31)/t23-/m0/s1. The molecule has 6 heteroatoms. The van der Waals surface area contributed by atoms with Gasteiger partial charge in [0.15, 0.2) is 6.61 Å². The van der Waals surface area contributed by atoms with Crippen molar-refractivity contribution in [2.45, 2.75) is 65.5 Å². The van der Waals surface area contributed by atoms with Gasteiger partial charge in [-0.15, -0.1) is 0 Å². The fourth-order valence-electron chi connectivity index (χ4n) is 3.52. The molecule has 0 aliphatic heterocycles. The molecule has 0 bridgehead atoms. The van der Waals surface area contributed by atoms with Crippen LogP contribution in [-0.4, -0.2) is 35.9 Å². The van der Waals surface area contributed by atoms with Crippen molar-refractivity contribution in [3.05, 3.63) is 64.7 Å². The van der Waals surface area contributed by atoms with Crippen LogP contribution in [0, 0.1) is 0 Å². The largest absolute Gasteiger partial charge is 0.483 e. The third-order valence-corrected chi connectivity index (χ3v) is 5.63. The number of carbonyl (C=O) groups excluding carboxylic acids is 2. The van der Waals surface area contributed by atoms with Gasteiger partial charge in [-0.25, -0.2) is 0 Å². The summed E-state index contributed by atoms with van der Waals surface area (Å²) >= 11 is 6.02. The van der Waals surface area contributed by atoms with Crippen LogP contribution in [0.3, 0.4) is 0 Å². The summed E-state index contributed by atoms with van der Waals surface area (Å²) in [4.78, 5) is 27.8. The zero-order valence-corrected chi connectivity index (χ0v) is 20.3. The van der Waals surface area contributed by atoms with Crippen molar-refractivity contribution in [2.75, 3.05) is 13.2 Å². The molecule has 0 spiro atoms. The lowest BCUT2D eigenvalue weighted by atomic mass is 10.0. The molecular formula is C26H35ClN2O3. The minimum Gasteiger partial charge on any atom is -0.483 e. The summed E-state index contributed by atoms with van der Waals surface area (Å²) in [5.74, 6) is 0.615. The molecule has 0 saturated carbocycles. The van der Waals surface area contributed by atoms with E-state index in [1.54, 1.807) is 17.0 Å². The van der Waals surface area contributed by atoms with Gasteiger partial charge in [0.1, 0.15) is 11.8 Å². The number of rotatable bonds is 12. The highest BCUT2D eigenvalue weighted by molar-refractivity contribution is 6.30. The quantitative estimate of drug-likeness (QED) is 0.423. The first kappa shape index (κ1) is 25.7. The van der Waals surface area contributed by atoms with Crippen molar-refractivity contribution < 1.29 is 14.3 Å². The maximum atomic E-state index is 13.3. The fourth-order valence-corrected chi connectivity index (χ4v) is 3.65. The van der Waals surface area contributed by atoms with Crippen molar-refractivity contribution >= 4 is 23.4 Å². The number of hydrogen-bond donors (Lipinski definition) is 1. The SMILES string of the molecule is CCCCNC(=O)[C@H](CC)N(Cc1ccc(Cl)cc1)C(=O)COc1ccccc1C(C)C. The zero-order valence-electron chi connectivity index (χ0n) is 19.6. The average Bonchev–Trinajstić information content (AvgIpc) is 2.79. The van der Waals surface area contributed by atoms with Gasteiger partial charge in [-0.05, 0) is 48.1 Å². The van der Waals surface area contributed by atoms with Gasteiger partial charge in [-0.3, -0.25) is 9.59 Å². The predicted octanol–water partition coefficient (Wildman–Crippen LogP) is 5.57. The van der Waals surface area contributed by atoms with E-state index in [0.717, 1.165) is 24.0 Å². The second-order valence-electron chi connectivity index (χ2n) is 8.20. The molecule has 0 aliphatic rings. The van der Waals surface area contributed by atoms with E-state index in [-0.39, 0.29) is 24.3 Å². The lowest BCUT2D eigenvalue weighted by Crippen LogP contribution is -2.50. The van der Waals surface area contributed by atoms with Gasteiger partial charge in [0.25, 0.3) is 5.91 Å². The number of halogens is 1. The molecule has 0 aromatic heterocycles. The molecule has 32 heavy (non-hydrogen) atoms. The molecule has 0 radical (unpaired) electrons. The van der Waals surface area contributed by atoms with Crippen molar-refractivity contribution in [2.24, 2.45) is 0 Å². The molecule has 0 fully saturated rings. The second-order valence-corrected chi connectivity index (χ2v) is 8.63. The van der Waals surface area contributed by atoms with Gasteiger partial charge in [0, 0.05) is 18.1 Å². The normalized spacial score (nSPS) is 11.8. The van der Waals surface area contributed by atoms with Crippen LogP contribution in [0.5, 0.6) is 5.75 Å². The summed E-state index contributed by atoms with van der Waals surface area (Å²) in [6.45, 7) is 8.95.